The minimum absolute atomic E-state index is 0. The number of carbonyl (C=O) groups is 1. The third-order valence-electron chi connectivity index (χ3n) is 4.44. The van der Waals surface area contributed by atoms with Gasteiger partial charge < -0.3 is 15.2 Å². The van der Waals surface area contributed by atoms with Crippen LogP contribution in [-0.4, -0.2) is 34.1 Å². The highest BCUT2D eigenvalue weighted by Gasteiger charge is 2.21. The second kappa shape index (κ2) is 9.50. The van der Waals surface area contributed by atoms with Crippen molar-refractivity contribution in [1.29, 1.82) is 0 Å². The van der Waals surface area contributed by atoms with E-state index >= 15 is 0 Å². The molecule has 0 bridgehead atoms. The van der Waals surface area contributed by atoms with E-state index in [1.165, 1.54) is 0 Å². The molecule has 1 aromatic carbocycles. The van der Waals surface area contributed by atoms with E-state index in [9.17, 15) is 9.90 Å². The monoisotopic (exact) mass is 377 g/mol. The molecule has 0 saturated carbocycles. The average Bonchev–Trinajstić information content (AvgIpc) is 2.62. The molecule has 26 heavy (non-hydrogen) atoms. The van der Waals surface area contributed by atoms with Crippen molar-refractivity contribution in [3.05, 3.63) is 53.1 Å². The van der Waals surface area contributed by atoms with Crippen molar-refractivity contribution in [2.45, 2.75) is 32.8 Å². The van der Waals surface area contributed by atoms with Crippen molar-refractivity contribution in [3.63, 3.8) is 0 Å². The van der Waals surface area contributed by atoms with Gasteiger partial charge in [-0.25, -0.2) is 14.8 Å². The highest BCUT2D eigenvalue weighted by molar-refractivity contribution is 5.88. The molecule has 0 unspecified atom stereocenters. The third kappa shape index (κ3) is 5.16. The maximum absolute atomic E-state index is 11.6. The minimum atomic E-state index is -1.08. The van der Waals surface area contributed by atoms with E-state index in [1.54, 1.807) is 6.92 Å². The number of hydrogen-bond acceptors (Lipinski definition) is 5. The van der Waals surface area contributed by atoms with E-state index in [-0.39, 0.29) is 23.9 Å². The Morgan fingerprint density at radius 3 is 2.58 bits per heavy atom. The Kier molecular flexibility index (Phi) is 7.36. The molecule has 1 aromatic heterocycles. The van der Waals surface area contributed by atoms with E-state index in [1.807, 2.05) is 30.3 Å². The van der Waals surface area contributed by atoms with Gasteiger partial charge in [-0.2, -0.15) is 0 Å². The highest BCUT2D eigenvalue weighted by Crippen LogP contribution is 2.24. The minimum Gasteiger partial charge on any atom is -0.484 e. The van der Waals surface area contributed by atoms with Gasteiger partial charge in [-0.3, -0.25) is 0 Å². The molecule has 1 saturated heterocycles. The predicted octanol–water partition coefficient (Wildman–Crippen LogP) is 3.03. The fourth-order valence-electron chi connectivity index (χ4n) is 3.10. The molecule has 7 heteroatoms. The van der Waals surface area contributed by atoms with Gasteiger partial charge in [0.15, 0.2) is 11.4 Å². The summed E-state index contributed by atoms with van der Waals surface area (Å²) in [5.74, 6) is 0.262. The van der Waals surface area contributed by atoms with Gasteiger partial charge in [-0.1, -0.05) is 30.3 Å². The fourth-order valence-corrected chi connectivity index (χ4v) is 3.10. The molecule has 1 aliphatic rings. The van der Waals surface area contributed by atoms with Gasteiger partial charge in [-0.05, 0) is 44.3 Å². The number of aromatic nitrogens is 2. The molecule has 0 amide bonds. The van der Waals surface area contributed by atoms with Crippen LogP contribution in [0, 0.1) is 12.8 Å². The van der Waals surface area contributed by atoms with E-state index in [0.717, 1.165) is 31.5 Å². The zero-order valence-electron chi connectivity index (χ0n) is 14.8. The van der Waals surface area contributed by atoms with Crippen LogP contribution < -0.4 is 10.1 Å². The van der Waals surface area contributed by atoms with Crippen LogP contribution in [0.4, 0.5) is 0 Å². The molecule has 2 heterocycles. The van der Waals surface area contributed by atoms with E-state index in [0.29, 0.717) is 30.5 Å². The quantitative estimate of drug-likeness (QED) is 0.805. The normalized spacial score (nSPS) is 14.5. The SMILES string of the molecule is Cc1nc(CC2CCNCC2)nc(C(=O)O)c1OCc1ccccc1.Cl. The van der Waals surface area contributed by atoms with Crippen LogP contribution in [0.1, 0.15) is 40.4 Å². The first-order valence-corrected chi connectivity index (χ1v) is 8.61. The summed E-state index contributed by atoms with van der Waals surface area (Å²) < 4.78 is 5.74. The number of piperidine rings is 1. The molecular weight excluding hydrogens is 354 g/mol. The lowest BCUT2D eigenvalue weighted by Crippen LogP contribution is -2.29. The van der Waals surface area contributed by atoms with Crippen LogP contribution in [-0.2, 0) is 13.0 Å². The Balaban J connectivity index is 0.00000243. The Bertz CT molecular complexity index is 734. The second-order valence-corrected chi connectivity index (χ2v) is 6.38. The number of rotatable bonds is 6. The fraction of sp³-hybridized carbons (Fsp3) is 0.421. The van der Waals surface area contributed by atoms with Crippen LogP contribution in [0.15, 0.2) is 30.3 Å². The molecule has 0 aliphatic carbocycles. The number of nitrogens with one attached hydrogen (secondary N) is 1. The number of carboxylic acids is 1. The summed E-state index contributed by atoms with van der Waals surface area (Å²) in [7, 11) is 0. The van der Waals surface area contributed by atoms with Crippen LogP contribution in [0.25, 0.3) is 0 Å². The Hall–Kier alpha value is -2.18. The van der Waals surface area contributed by atoms with Crippen molar-refractivity contribution in [2.75, 3.05) is 13.1 Å². The van der Waals surface area contributed by atoms with Gasteiger partial charge in [-0.15, -0.1) is 12.4 Å². The first kappa shape index (κ1) is 20.1. The first-order valence-electron chi connectivity index (χ1n) is 8.61. The molecule has 2 aromatic rings. The molecule has 3 rings (SSSR count). The number of carboxylic acid groups (broad SMARTS) is 1. The molecule has 0 radical (unpaired) electrons. The lowest BCUT2D eigenvalue weighted by Gasteiger charge is -2.22. The molecular formula is C19H24ClN3O3. The number of benzene rings is 1. The summed E-state index contributed by atoms with van der Waals surface area (Å²) in [6, 6.07) is 9.63. The van der Waals surface area contributed by atoms with Gasteiger partial charge in [0.1, 0.15) is 12.4 Å². The molecule has 0 atom stereocenters. The summed E-state index contributed by atoms with van der Waals surface area (Å²) in [6.45, 7) is 4.06. The predicted molar refractivity (Wildman–Crippen MR) is 101 cm³/mol. The number of halogens is 1. The Morgan fingerprint density at radius 1 is 1.23 bits per heavy atom. The molecule has 2 N–H and O–H groups in total. The van der Waals surface area contributed by atoms with Crippen molar-refractivity contribution < 1.29 is 14.6 Å². The molecule has 1 aliphatic heterocycles. The topological polar surface area (TPSA) is 84.3 Å². The molecule has 0 spiro atoms. The van der Waals surface area contributed by atoms with E-state index < -0.39 is 5.97 Å². The number of hydrogen-bond donors (Lipinski definition) is 2. The number of ether oxygens (including phenoxy) is 1. The summed E-state index contributed by atoms with van der Waals surface area (Å²) >= 11 is 0. The number of aromatic carboxylic acids is 1. The van der Waals surface area contributed by atoms with Gasteiger partial charge >= 0.3 is 5.97 Å². The van der Waals surface area contributed by atoms with Gasteiger partial charge in [0.05, 0.1) is 5.69 Å². The summed E-state index contributed by atoms with van der Waals surface area (Å²) in [5.41, 5.74) is 1.50. The zero-order chi connectivity index (χ0) is 17.6. The van der Waals surface area contributed by atoms with Gasteiger partial charge in [0.2, 0.25) is 0 Å². The van der Waals surface area contributed by atoms with Crippen molar-refractivity contribution in [2.24, 2.45) is 5.92 Å². The van der Waals surface area contributed by atoms with Crippen LogP contribution in [0.5, 0.6) is 5.75 Å². The third-order valence-corrected chi connectivity index (χ3v) is 4.44. The van der Waals surface area contributed by atoms with Crippen molar-refractivity contribution in [1.82, 2.24) is 15.3 Å². The lowest BCUT2D eigenvalue weighted by atomic mass is 9.94. The number of nitrogens with zero attached hydrogens (tertiary/aromatic N) is 2. The first-order chi connectivity index (χ1) is 12.1. The lowest BCUT2D eigenvalue weighted by molar-refractivity contribution is 0.0683. The Morgan fingerprint density at radius 2 is 1.92 bits per heavy atom. The second-order valence-electron chi connectivity index (χ2n) is 6.38. The smallest absolute Gasteiger partial charge is 0.358 e. The van der Waals surface area contributed by atoms with E-state index in [2.05, 4.69) is 15.3 Å². The zero-order valence-corrected chi connectivity index (χ0v) is 15.6. The van der Waals surface area contributed by atoms with Gasteiger partial charge in [0.25, 0.3) is 0 Å². The van der Waals surface area contributed by atoms with Crippen LogP contribution in [0.3, 0.4) is 0 Å². The van der Waals surface area contributed by atoms with Crippen molar-refractivity contribution >= 4 is 18.4 Å². The molecule has 6 nitrogen and oxygen atoms in total. The van der Waals surface area contributed by atoms with Crippen molar-refractivity contribution in [3.8, 4) is 5.75 Å². The maximum atomic E-state index is 11.6. The summed E-state index contributed by atoms with van der Waals surface area (Å²) in [5, 5.41) is 12.9. The summed E-state index contributed by atoms with van der Waals surface area (Å²) in [6.07, 6.45) is 2.84. The van der Waals surface area contributed by atoms with Crippen LogP contribution >= 0.6 is 12.4 Å². The Labute approximate surface area is 159 Å². The molecule has 140 valence electrons. The molecule has 1 fully saturated rings. The van der Waals surface area contributed by atoms with Gasteiger partial charge in [0, 0.05) is 6.42 Å². The summed E-state index contributed by atoms with van der Waals surface area (Å²) in [4.78, 5) is 20.4. The average molecular weight is 378 g/mol. The number of aryl methyl sites for hydroxylation is 1. The largest absolute Gasteiger partial charge is 0.484 e. The maximum Gasteiger partial charge on any atom is 0.358 e. The van der Waals surface area contributed by atoms with Crippen LogP contribution in [0.2, 0.25) is 0 Å². The standard InChI is InChI=1S/C19H23N3O3.ClH/c1-13-18(25-12-15-5-3-2-4-6-15)17(19(23)24)22-16(21-13)11-14-7-9-20-10-8-14;/h2-6,14,20H,7-12H2,1H3,(H,23,24);1H. The van der Waals surface area contributed by atoms with E-state index in [4.69, 9.17) is 4.74 Å². The highest BCUT2D eigenvalue weighted by atomic mass is 35.5.